The van der Waals surface area contributed by atoms with Gasteiger partial charge in [-0.05, 0) is 13.5 Å². The van der Waals surface area contributed by atoms with Gasteiger partial charge in [0.25, 0.3) is 5.91 Å². The summed E-state index contributed by atoms with van der Waals surface area (Å²) in [6, 6.07) is 9.44. The van der Waals surface area contributed by atoms with Crippen LogP contribution in [-0.2, 0) is 16.1 Å². The molecule has 136 valence electrons. The molecule has 2 aromatic rings. The second-order valence-corrected chi connectivity index (χ2v) is 6.04. The Morgan fingerprint density at radius 2 is 1.88 bits per heavy atom. The first-order chi connectivity index (χ1) is 12.2. The summed E-state index contributed by atoms with van der Waals surface area (Å²) < 4.78 is 0. The summed E-state index contributed by atoms with van der Waals surface area (Å²) in [6.45, 7) is 6.24. The number of amides is 1. The molecule has 1 aromatic carbocycles. The van der Waals surface area contributed by atoms with Crippen LogP contribution in [0.2, 0.25) is 0 Å². The number of Topliss-reactive ketones (excluding diaryl/α,β-unsaturated/α-hetero) is 1. The Bertz CT molecular complexity index is 656. The van der Waals surface area contributed by atoms with E-state index < -0.39 is 17.7 Å². The number of rotatable bonds is 8. The molecular formula is C19H27N3O2S. The van der Waals surface area contributed by atoms with Crippen LogP contribution in [0, 0.1) is 0 Å². The summed E-state index contributed by atoms with van der Waals surface area (Å²) in [5.41, 5.74) is 1.80. The van der Waals surface area contributed by atoms with E-state index in [0.717, 1.165) is 22.7 Å². The lowest BCUT2D eigenvalue weighted by atomic mass is 10.1. The maximum atomic E-state index is 12.0. The minimum absolute atomic E-state index is 0.260. The van der Waals surface area contributed by atoms with Crippen molar-refractivity contribution in [2.75, 3.05) is 7.05 Å². The molecule has 1 atom stereocenters. The van der Waals surface area contributed by atoms with E-state index in [4.69, 9.17) is 0 Å². The summed E-state index contributed by atoms with van der Waals surface area (Å²) in [4.78, 5) is 28.5. The highest BCUT2D eigenvalue weighted by molar-refractivity contribution is 7.13. The Hall–Kier alpha value is -2.05. The molecule has 25 heavy (non-hydrogen) atoms. The van der Waals surface area contributed by atoms with Crippen molar-refractivity contribution < 1.29 is 9.59 Å². The number of likely N-dealkylation sites (N-methyl/N-ethyl adjacent to an activating group) is 1. The van der Waals surface area contributed by atoms with Crippen LogP contribution < -0.4 is 10.6 Å². The van der Waals surface area contributed by atoms with E-state index in [-0.39, 0.29) is 6.54 Å². The largest absolute Gasteiger partial charge is 0.344 e. The van der Waals surface area contributed by atoms with Gasteiger partial charge in [-0.2, -0.15) is 0 Å². The molecule has 0 spiro atoms. The van der Waals surface area contributed by atoms with Gasteiger partial charge in [-0.3, -0.25) is 9.59 Å². The highest BCUT2D eigenvalue weighted by Gasteiger charge is 2.22. The van der Waals surface area contributed by atoms with Crippen molar-refractivity contribution in [2.45, 2.75) is 46.2 Å². The highest BCUT2D eigenvalue weighted by Crippen LogP contribution is 2.23. The van der Waals surface area contributed by atoms with E-state index in [0.29, 0.717) is 6.42 Å². The molecule has 0 bridgehead atoms. The van der Waals surface area contributed by atoms with Gasteiger partial charge in [0.05, 0.1) is 18.3 Å². The third kappa shape index (κ3) is 6.40. The van der Waals surface area contributed by atoms with Gasteiger partial charge in [0.15, 0.2) is 0 Å². The van der Waals surface area contributed by atoms with Gasteiger partial charge in [-0.1, -0.05) is 57.5 Å². The SMILES string of the molecule is CC.CCCC(NC)C(=O)C(=O)NCc1csc(-c2ccccc2)n1. The number of hydrogen-bond donors (Lipinski definition) is 2. The molecule has 0 saturated carbocycles. The molecule has 5 nitrogen and oxygen atoms in total. The van der Waals surface area contributed by atoms with E-state index in [1.54, 1.807) is 7.05 Å². The molecule has 0 radical (unpaired) electrons. The zero-order valence-corrected chi connectivity index (χ0v) is 16.2. The summed E-state index contributed by atoms with van der Waals surface area (Å²) >= 11 is 1.52. The van der Waals surface area contributed by atoms with Gasteiger partial charge in [-0.25, -0.2) is 4.98 Å². The van der Waals surface area contributed by atoms with Crippen LogP contribution in [0.5, 0.6) is 0 Å². The van der Waals surface area contributed by atoms with Crippen molar-refractivity contribution in [1.82, 2.24) is 15.6 Å². The van der Waals surface area contributed by atoms with Crippen molar-refractivity contribution in [3.05, 3.63) is 41.4 Å². The number of aromatic nitrogens is 1. The number of nitrogens with one attached hydrogen (secondary N) is 2. The average Bonchev–Trinajstić information content (AvgIpc) is 3.15. The fourth-order valence-corrected chi connectivity index (χ4v) is 3.04. The topological polar surface area (TPSA) is 71.1 Å². The van der Waals surface area contributed by atoms with Crippen LogP contribution in [0.25, 0.3) is 10.6 Å². The molecule has 2 N–H and O–H groups in total. The number of nitrogens with zero attached hydrogens (tertiary/aromatic N) is 1. The lowest BCUT2D eigenvalue weighted by Crippen LogP contribution is -2.43. The Labute approximate surface area is 153 Å². The number of benzene rings is 1. The van der Waals surface area contributed by atoms with Crippen molar-refractivity contribution in [3.63, 3.8) is 0 Å². The van der Waals surface area contributed by atoms with Gasteiger partial charge in [-0.15, -0.1) is 11.3 Å². The molecule has 0 aliphatic heterocycles. The number of hydrogen-bond acceptors (Lipinski definition) is 5. The maximum Gasteiger partial charge on any atom is 0.289 e. The summed E-state index contributed by atoms with van der Waals surface area (Å²) in [5.74, 6) is -0.986. The molecule has 0 fully saturated rings. The molecular weight excluding hydrogens is 334 g/mol. The normalized spacial score (nSPS) is 11.2. The molecule has 1 aromatic heterocycles. The number of carbonyl (C=O) groups excluding carboxylic acids is 2. The van der Waals surface area contributed by atoms with Gasteiger partial charge in [0, 0.05) is 10.9 Å². The Morgan fingerprint density at radius 1 is 1.20 bits per heavy atom. The zero-order chi connectivity index (χ0) is 18.7. The molecule has 0 aliphatic carbocycles. The Morgan fingerprint density at radius 3 is 2.48 bits per heavy atom. The van der Waals surface area contributed by atoms with E-state index in [9.17, 15) is 9.59 Å². The van der Waals surface area contributed by atoms with Gasteiger partial charge < -0.3 is 10.6 Å². The molecule has 1 unspecified atom stereocenters. The molecule has 0 aliphatic rings. The highest BCUT2D eigenvalue weighted by atomic mass is 32.1. The van der Waals surface area contributed by atoms with Gasteiger partial charge >= 0.3 is 0 Å². The smallest absolute Gasteiger partial charge is 0.289 e. The number of ketones is 1. The predicted molar refractivity (Wildman–Crippen MR) is 104 cm³/mol. The van der Waals surface area contributed by atoms with E-state index in [1.165, 1.54) is 11.3 Å². The van der Waals surface area contributed by atoms with Crippen LogP contribution in [0.1, 0.15) is 39.3 Å². The molecule has 6 heteroatoms. The van der Waals surface area contributed by atoms with Gasteiger partial charge in [0.1, 0.15) is 5.01 Å². The number of carbonyl (C=O) groups is 2. The van der Waals surface area contributed by atoms with Crippen LogP contribution in [0.4, 0.5) is 0 Å². The van der Waals surface area contributed by atoms with E-state index in [1.807, 2.05) is 56.5 Å². The maximum absolute atomic E-state index is 12.0. The zero-order valence-electron chi connectivity index (χ0n) is 15.3. The molecule has 0 saturated heterocycles. The van der Waals surface area contributed by atoms with Crippen molar-refractivity contribution >= 4 is 23.0 Å². The first kappa shape index (κ1) is 21.0. The Balaban J connectivity index is 0.00000151. The lowest BCUT2D eigenvalue weighted by Gasteiger charge is -2.13. The Kier molecular flexibility index (Phi) is 9.65. The van der Waals surface area contributed by atoms with Gasteiger partial charge in [0.2, 0.25) is 5.78 Å². The minimum Gasteiger partial charge on any atom is -0.344 e. The monoisotopic (exact) mass is 361 g/mol. The minimum atomic E-state index is -0.563. The van der Waals surface area contributed by atoms with E-state index in [2.05, 4.69) is 15.6 Å². The second kappa shape index (κ2) is 11.5. The first-order valence-electron chi connectivity index (χ1n) is 8.64. The number of thiazole rings is 1. The van der Waals surface area contributed by atoms with Crippen molar-refractivity contribution in [2.24, 2.45) is 0 Å². The second-order valence-electron chi connectivity index (χ2n) is 5.19. The summed E-state index contributed by atoms with van der Waals surface area (Å²) in [6.07, 6.45) is 1.49. The first-order valence-corrected chi connectivity index (χ1v) is 9.52. The van der Waals surface area contributed by atoms with Crippen LogP contribution in [0.15, 0.2) is 35.7 Å². The van der Waals surface area contributed by atoms with Crippen LogP contribution in [-0.4, -0.2) is 29.8 Å². The predicted octanol–water partition coefficient (Wildman–Crippen LogP) is 3.41. The fraction of sp³-hybridized carbons (Fsp3) is 0.421. The van der Waals surface area contributed by atoms with Crippen LogP contribution >= 0.6 is 11.3 Å². The quantitative estimate of drug-likeness (QED) is 0.707. The summed E-state index contributed by atoms with van der Waals surface area (Å²) in [7, 11) is 1.69. The third-order valence-electron chi connectivity index (χ3n) is 3.47. The van der Waals surface area contributed by atoms with Crippen LogP contribution in [0.3, 0.4) is 0 Å². The standard InChI is InChI=1S/C17H21N3O2S.C2H6/c1-3-7-14(18-2)15(21)16(22)19-10-13-11-23-17(20-13)12-8-5-4-6-9-12;1-2/h4-6,8-9,11,14,18H,3,7,10H2,1-2H3,(H,19,22);1-2H3. The van der Waals surface area contributed by atoms with Crippen molar-refractivity contribution in [1.29, 1.82) is 0 Å². The molecule has 1 amide bonds. The van der Waals surface area contributed by atoms with E-state index >= 15 is 0 Å². The fourth-order valence-electron chi connectivity index (χ4n) is 2.21. The van der Waals surface area contributed by atoms with Crippen molar-refractivity contribution in [3.8, 4) is 10.6 Å². The third-order valence-corrected chi connectivity index (χ3v) is 4.41. The molecule has 2 rings (SSSR count). The molecule has 1 heterocycles. The summed E-state index contributed by atoms with van der Waals surface area (Å²) in [5, 5.41) is 8.34. The lowest BCUT2D eigenvalue weighted by molar-refractivity contribution is -0.139. The average molecular weight is 362 g/mol.